The highest BCUT2D eigenvalue weighted by Gasteiger charge is 2.49. The van der Waals surface area contributed by atoms with Crippen molar-refractivity contribution in [3.63, 3.8) is 0 Å². The average molecular weight is 831 g/mol. The molecule has 1 saturated heterocycles. The van der Waals surface area contributed by atoms with Crippen molar-refractivity contribution in [3.8, 4) is 0 Å². The maximum absolute atomic E-state index is 15.2. The van der Waals surface area contributed by atoms with Gasteiger partial charge in [0, 0.05) is 13.0 Å². The zero-order chi connectivity index (χ0) is 42.7. The first-order chi connectivity index (χ1) is 29.4. The minimum atomic E-state index is -1.62. The van der Waals surface area contributed by atoms with Gasteiger partial charge in [-0.2, -0.15) is 0 Å². The number of esters is 2. The van der Waals surface area contributed by atoms with Crippen molar-refractivity contribution in [1.82, 2.24) is 0 Å². The quantitative estimate of drug-likeness (QED) is 0.0326. The Morgan fingerprint density at radius 2 is 1.15 bits per heavy atom. The zero-order valence-corrected chi connectivity index (χ0v) is 38.7. The maximum Gasteiger partial charge on any atom is 0.348 e. The Kier molecular flexibility index (Phi) is 24.6. The molecule has 0 aromatic heterocycles. The fourth-order valence-corrected chi connectivity index (χ4v) is 9.67. The average Bonchev–Trinajstić information content (AvgIpc) is 3.75. The van der Waals surface area contributed by atoms with E-state index in [0.29, 0.717) is 54.9 Å². The fourth-order valence-electron chi connectivity index (χ4n) is 9.67. The first kappa shape index (κ1) is 50.0. The van der Waals surface area contributed by atoms with Crippen molar-refractivity contribution < 1.29 is 28.5 Å². The molecular formula is C54H86O6. The molecule has 0 spiro atoms. The summed E-state index contributed by atoms with van der Waals surface area (Å²) in [5.41, 5.74) is -0.258. The molecule has 1 saturated carbocycles. The summed E-state index contributed by atoms with van der Waals surface area (Å²) in [6.45, 7) is 10.1. The largest absolute Gasteiger partial charge is 0.460 e. The number of rotatable bonds is 31. The van der Waals surface area contributed by atoms with Crippen molar-refractivity contribution in [2.45, 2.75) is 219 Å². The molecule has 0 amide bonds. The van der Waals surface area contributed by atoms with Crippen molar-refractivity contribution in [2.75, 3.05) is 13.2 Å². The molecule has 0 radical (unpaired) electrons. The summed E-state index contributed by atoms with van der Waals surface area (Å²) in [7, 11) is 0. The Labute approximate surface area is 367 Å². The van der Waals surface area contributed by atoms with E-state index >= 15 is 4.79 Å². The van der Waals surface area contributed by atoms with Crippen molar-refractivity contribution >= 4 is 11.9 Å². The number of unbranched alkanes of at least 4 members (excludes halogenated alkanes) is 18. The summed E-state index contributed by atoms with van der Waals surface area (Å²) in [6, 6.07) is 19.5. The van der Waals surface area contributed by atoms with Crippen LogP contribution in [-0.2, 0) is 34.1 Å². The van der Waals surface area contributed by atoms with Gasteiger partial charge >= 0.3 is 11.9 Å². The molecule has 338 valence electrons. The molecule has 1 aliphatic carbocycles. The van der Waals surface area contributed by atoms with Crippen LogP contribution in [0, 0.1) is 23.7 Å². The molecule has 1 aliphatic heterocycles. The Morgan fingerprint density at radius 3 is 1.67 bits per heavy atom. The number of benzene rings is 2. The van der Waals surface area contributed by atoms with Gasteiger partial charge in [-0.05, 0) is 61.0 Å². The minimum absolute atomic E-state index is 0.217. The van der Waals surface area contributed by atoms with Gasteiger partial charge in [0.2, 0.25) is 11.9 Å². The normalized spacial score (nSPS) is 20.7. The first-order valence-corrected chi connectivity index (χ1v) is 25.1. The van der Waals surface area contributed by atoms with Crippen molar-refractivity contribution in [3.05, 3.63) is 71.8 Å². The molecule has 6 nitrogen and oxygen atoms in total. The lowest BCUT2D eigenvalue weighted by molar-refractivity contribution is -0.225. The van der Waals surface area contributed by atoms with Crippen LogP contribution in [0.5, 0.6) is 0 Å². The minimum Gasteiger partial charge on any atom is -0.460 e. The van der Waals surface area contributed by atoms with Crippen LogP contribution in [0.4, 0.5) is 0 Å². The molecular weight excluding hydrogens is 745 g/mol. The van der Waals surface area contributed by atoms with Crippen LogP contribution in [-0.4, -0.2) is 37.5 Å². The number of ether oxygens (including phenoxy) is 4. The van der Waals surface area contributed by atoms with Gasteiger partial charge in [0.15, 0.2) is 0 Å². The standard InChI is InChI=1S/C54H86O6/c1-5-7-9-10-11-12-13-14-15-16-17-18-19-20-21-22-30-36-51(59-52(55)47-39-40-57-43-47)60-54(48-32-26-23-27-33-48,49-34-28-24-29-35-49)53(56)58-50-41-44(3)37-38-46(42-50)45(4)31-25-8-6-2/h23-24,26-29,32-35,44-47,50-51H,5-22,25,30-31,36-43H2,1-4H3. The van der Waals surface area contributed by atoms with Gasteiger partial charge < -0.3 is 18.9 Å². The SMILES string of the molecule is CCCCCCCCCCCCCCCCCCCC(OC(=O)C1CCOC1)OC(C(=O)OC1CC(C)CCC(C(C)CCCCC)C1)(c1ccccc1)c1ccccc1. The Balaban J connectivity index is 1.42. The Bertz CT molecular complexity index is 1350. The zero-order valence-electron chi connectivity index (χ0n) is 38.7. The van der Waals surface area contributed by atoms with E-state index in [2.05, 4.69) is 27.7 Å². The van der Waals surface area contributed by atoms with E-state index < -0.39 is 17.9 Å². The van der Waals surface area contributed by atoms with Gasteiger partial charge in [0.25, 0.3) is 0 Å². The molecule has 2 fully saturated rings. The van der Waals surface area contributed by atoms with Crippen molar-refractivity contribution in [1.29, 1.82) is 0 Å². The molecule has 0 bridgehead atoms. The Morgan fingerprint density at radius 1 is 0.650 bits per heavy atom. The van der Waals surface area contributed by atoms with Crippen LogP contribution < -0.4 is 0 Å². The first-order valence-electron chi connectivity index (χ1n) is 25.1. The molecule has 2 aromatic carbocycles. The van der Waals surface area contributed by atoms with Gasteiger partial charge in [-0.15, -0.1) is 0 Å². The molecule has 0 N–H and O–H groups in total. The van der Waals surface area contributed by atoms with E-state index in [4.69, 9.17) is 18.9 Å². The van der Waals surface area contributed by atoms with E-state index in [1.165, 1.54) is 122 Å². The summed E-state index contributed by atoms with van der Waals surface area (Å²) in [6.07, 6.45) is 31.0. The monoisotopic (exact) mass is 831 g/mol. The molecule has 1 heterocycles. The van der Waals surface area contributed by atoms with Crippen molar-refractivity contribution in [2.24, 2.45) is 23.7 Å². The van der Waals surface area contributed by atoms with E-state index in [1.807, 2.05) is 60.7 Å². The summed E-state index contributed by atoms with van der Waals surface area (Å²) in [5, 5.41) is 0. The second kappa shape index (κ2) is 29.6. The second-order valence-electron chi connectivity index (χ2n) is 18.8. The summed E-state index contributed by atoms with van der Waals surface area (Å²) < 4.78 is 25.7. The van der Waals surface area contributed by atoms with E-state index in [1.54, 1.807) is 0 Å². The van der Waals surface area contributed by atoms with E-state index in [-0.39, 0.29) is 18.0 Å². The highest BCUT2D eigenvalue weighted by Crippen LogP contribution is 2.41. The van der Waals surface area contributed by atoms with Crippen LogP contribution in [0.2, 0.25) is 0 Å². The number of hydrogen-bond acceptors (Lipinski definition) is 6. The van der Waals surface area contributed by atoms with Gasteiger partial charge in [-0.3, -0.25) is 4.79 Å². The predicted octanol–water partition coefficient (Wildman–Crippen LogP) is 14.8. The van der Waals surface area contributed by atoms with Crippen LogP contribution >= 0.6 is 0 Å². The van der Waals surface area contributed by atoms with Crippen LogP contribution in [0.3, 0.4) is 0 Å². The predicted molar refractivity (Wildman–Crippen MR) is 247 cm³/mol. The number of carbonyl (C=O) groups is 2. The van der Waals surface area contributed by atoms with Gasteiger partial charge in [-0.25, -0.2) is 4.79 Å². The maximum atomic E-state index is 15.2. The highest BCUT2D eigenvalue weighted by molar-refractivity contribution is 5.86. The van der Waals surface area contributed by atoms with Gasteiger partial charge in [-0.1, -0.05) is 223 Å². The lowest BCUT2D eigenvalue weighted by Crippen LogP contribution is -2.47. The van der Waals surface area contributed by atoms with E-state index in [0.717, 1.165) is 38.5 Å². The molecule has 2 aliphatic rings. The third-order valence-corrected chi connectivity index (χ3v) is 13.6. The number of carbonyl (C=O) groups excluding carboxylic acids is 2. The van der Waals surface area contributed by atoms with Crippen LogP contribution in [0.25, 0.3) is 0 Å². The van der Waals surface area contributed by atoms with E-state index in [9.17, 15) is 4.79 Å². The van der Waals surface area contributed by atoms with Crippen LogP contribution in [0.15, 0.2) is 60.7 Å². The number of hydrogen-bond donors (Lipinski definition) is 0. The summed E-state index contributed by atoms with van der Waals surface area (Å²) in [5.74, 6) is 0.483. The highest BCUT2D eigenvalue weighted by atomic mass is 16.7. The topological polar surface area (TPSA) is 71.1 Å². The van der Waals surface area contributed by atoms with Gasteiger partial charge in [0.05, 0.1) is 12.5 Å². The molecule has 60 heavy (non-hydrogen) atoms. The van der Waals surface area contributed by atoms with Gasteiger partial charge in [0.1, 0.15) is 6.10 Å². The third-order valence-electron chi connectivity index (χ3n) is 13.6. The molecule has 4 rings (SSSR count). The van der Waals surface area contributed by atoms with Crippen LogP contribution in [0.1, 0.15) is 212 Å². The molecule has 6 heteroatoms. The smallest absolute Gasteiger partial charge is 0.348 e. The Hall–Kier alpha value is -2.70. The second-order valence-corrected chi connectivity index (χ2v) is 18.8. The third kappa shape index (κ3) is 17.6. The fraction of sp³-hybridized carbons (Fsp3) is 0.741. The molecule has 2 aromatic rings. The summed E-state index contributed by atoms with van der Waals surface area (Å²) in [4.78, 5) is 28.9. The molecule has 6 atom stereocenters. The molecule has 6 unspecified atom stereocenters. The lowest BCUT2D eigenvalue weighted by Gasteiger charge is -2.37. The lowest BCUT2D eigenvalue weighted by atomic mass is 9.83. The summed E-state index contributed by atoms with van der Waals surface area (Å²) >= 11 is 0.